The maximum Gasteiger partial charge on any atom is 0.256 e. The van der Waals surface area contributed by atoms with Crippen molar-refractivity contribution in [2.45, 2.75) is 39.0 Å². The van der Waals surface area contributed by atoms with Gasteiger partial charge in [-0.25, -0.2) is 12.8 Å². The number of rotatable bonds is 8. The molecule has 2 aromatic carbocycles. The third-order valence-electron chi connectivity index (χ3n) is 6.10. The molecule has 2 N–H and O–H groups in total. The number of hydrogen-bond donors (Lipinski definition) is 2. The summed E-state index contributed by atoms with van der Waals surface area (Å²) in [6.45, 7) is 6.13. The first-order valence-corrected chi connectivity index (χ1v) is 13.5. The van der Waals surface area contributed by atoms with Crippen LogP contribution >= 0.6 is 0 Å². The van der Waals surface area contributed by atoms with Crippen molar-refractivity contribution in [1.29, 1.82) is 0 Å². The highest BCUT2D eigenvalue weighted by Crippen LogP contribution is 2.38. The van der Waals surface area contributed by atoms with Crippen molar-refractivity contribution in [3.8, 4) is 16.9 Å². The number of hydrogen-bond acceptors (Lipinski definition) is 4. The Balaban J connectivity index is 1.67. The highest BCUT2D eigenvalue weighted by atomic mass is 32.2. The maximum atomic E-state index is 13.9. The zero-order chi connectivity index (χ0) is 26.1. The van der Waals surface area contributed by atoms with Crippen molar-refractivity contribution in [2.24, 2.45) is 5.92 Å². The Labute approximate surface area is 211 Å². The predicted octanol–water partition coefficient (Wildman–Crippen LogP) is 5.81. The molecule has 36 heavy (non-hydrogen) atoms. The molecule has 8 heteroatoms. The Morgan fingerprint density at radius 2 is 1.81 bits per heavy atom. The zero-order valence-electron chi connectivity index (χ0n) is 20.9. The van der Waals surface area contributed by atoms with Gasteiger partial charge in [0.25, 0.3) is 5.56 Å². The second-order valence-corrected chi connectivity index (χ2v) is 12.0. The van der Waals surface area contributed by atoms with Crippen LogP contribution in [0.1, 0.15) is 50.3 Å². The predicted molar refractivity (Wildman–Crippen MR) is 143 cm³/mol. The number of H-pyrrole nitrogens is 1. The molecule has 190 valence electrons. The first-order valence-electron chi connectivity index (χ1n) is 11.8. The summed E-state index contributed by atoms with van der Waals surface area (Å²) in [5.41, 5.74) is 3.13. The van der Waals surface area contributed by atoms with Gasteiger partial charge in [-0.3, -0.25) is 9.52 Å². The van der Waals surface area contributed by atoms with Gasteiger partial charge >= 0.3 is 0 Å². The molecule has 1 fully saturated rings. The first-order chi connectivity index (χ1) is 16.9. The minimum Gasteiger partial charge on any atom is -0.496 e. The van der Waals surface area contributed by atoms with Crippen LogP contribution in [0, 0.1) is 11.7 Å². The third-order valence-corrected chi connectivity index (χ3v) is 7.56. The van der Waals surface area contributed by atoms with E-state index in [4.69, 9.17) is 4.74 Å². The Morgan fingerprint density at radius 3 is 2.42 bits per heavy atom. The number of sulfonamides is 1. The van der Waals surface area contributed by atoms with Crippen molar-refractivity contribution in [1.82, 2.24) is 4.98 Å². The standard InChI is InChI=1S/C28H31FN2O4S/c1-28(2,3)25-14-21(24-15-22(29)16-30-27(24)32)13-20(26(25)35-4)10-7-18-8-11-23(12-9-18)31-36(33,34)17-19-5-6-19/h7-16,19,31H,5-6,17H2,1-4H3,(H,30,32)/b10-7+. The van der Waals surface area contributed by atoms with Crippen LogP contribution in [0.3, 0.4) is 0 Å². The van der Waals surface area contributed by atoms with E-state index in [1.165, 1.54) is 6.07 Å². The Hall–Kier alpha value is -3.39. The highest BCUT2D eigenvalue weighted by Gasteiger charge is 2.28. The molecule has 1 aromatic heterocycles. The maximum absolute atomic E-state index is 13.9. The van der Waals surface area contributed by atoms with Crippen LogP contribution in [-0.4, -0.2) is 26.3 Å². The second kappa shape index (κ2) is 9.93. The van der Waals surface area contributed by atoms with Gasteiger partial charge in [0, 0.05) is 28.6 Å². The summed E-state index contributed by atoms with van der Waals surface area (Å²) in [6.07, 6.45) is 6.74. The largest absolute Gasteiger partial charge is 0.496 e. The van der Waals surface area contributed by atoms with Gasteiger partial charge in [-0.15, -0.1) is 0 Å². The SMILES string of the molecule is COc1c(/C=C/c2ccc(NS(=O)(=O)CC3CC3)cc2)cc(-c2cc(F)c[nH]c2=O)cc1C(C)(C)C. The normalized spacial score (nSPS) is 14.2. The van der Waals surface area contributed by atoms with Crippen molar-refractivity contribution >= 4 is 27.9 Å². The van der Waals surface area contributed by atoms with Crippen molar-refractivity contribution in [3.63, 3.8) is 0 Å². The summed E-state index contributed by atoms with van der Waals surface area (Å²) in [6, 6.07) is 12.0. The van der Waals surface area contributed by atoms with Crippen LogP contribution in [0.4, 0.5) is 10.1 Å². The van der Waals surface area contributed by atoms with Crippen LogP contribution in [0.15, 0.2) is 53.5 Å². The van der Waals surface area contributed by atoms with Crippen LogP contribution in [0.25, 0.3) is 23.3 Å². The second-order valence-electron chi connectivity index (χ2n) is 10.2. The molecule has 3 aromatic rings. The number of aromatic amines is 1. The average Bonchev–Trinajstić information content (AvgIpc) is 3.62. The number of halogens is 1. The molecule has 0 bridgehead atoms. The lowest BCUT2D eigenvalue weighted by atomic mass is 9.83. The fourth-order valence-corrected chi connectivity index (χ4v) is 5.58. The fraction of sp³-hybridized carbons (Fsp3) is 0.321. The lowest BCUT2D eigenvalue weighted by molar-refractivity contribution is 0.397. The van der Waals surface area contributed by atoms with Crippen LogP contribution < -0.4 is 15.0 Å². The molecule has 1 heterocycles. The minimum atomic E-state index is -3.34. The number of aromatic nitrogens is 1. The summed E-state index contributed by atoms with van der Waals surface area (Å²) in [5.74, 6) is 0.577. The number of pyridine rings is 1. The zero-order valence-corrected chi connectivity index (χ0v) is 21.7. The molecule has 0 unspecified atom stereocenters. The lowest BCUT2D eigenvalue weighted by Gasteiger charge is -2.24. The van der Waals surface area contributed by atoms with Crippen LogP contribution in [0.2, 0.25) is 0 Å². The number of benzene rings is 2. The Morgan fingerprint density at radius 1 is 1.11 bits per heavy atom. The summed E-state index contributed by atoms with van der Waals surface area (Å²) < 4.78 is 46.8. The van der Waals surface area contributed by atoms with E-state index in [-0.39, 0.29) is 28.2 Å². The molecule has 6 nitrogen and oxygen atoms in total. The van der Waals surface area contributed by atoms with E-state index < -0.39 is 15.8 Å². The number of anilines is 1. The fourth-order valence-electron chi connectivity index (χ4n) is 4.05. The van der Waals surface area contributed by atoms with Crippen molar-refractivity contribution in [3.05, 3.63) is 81.5 Å². The molecule has 1 aliphatic carbocycles. The van der Waals surface area contributed by atoms with E-state index in [0.29, 0.717) is 17.0 Å². The smallest absolute Gasteiger partial charge is 0.256 e. The van der Waals surface area contributed by atoms with Crippen LogP contribution in [0.5, 0.6) is 5.75 Å². The van der Waals surface area contributed by atoms with E-state index in [2.05, 4.69) is 9.71 Å². The Kier molecular flexibility index (Phi) is 7.09. The summed E-state index contributed by atoms with van der Waals surface area (Å²) in [5, 5.41) is 0. The van der Waals surface area contributed by atoms with Gasteiger partial charge in [0.2, 0.25) is 10.0 Å². The topological polar surface area (TPSA) is 88.3 Å². The van der Waals surface area contributed by atoms with Gasteiger partial charge in [0.05, 0.1) is 12.9 Å². The van der Waals surface area contributed by atoms with Gasteiger partial charge in [-0.05, 0) is 65.6 Å². The average molecular weight is 511 g/mol. The highest BCUT2D eigenvalue weighted by molar-refractivity contribution is 7.92. The number of ether oxygens (including phenoxy) is 1. The molecular weight excluding hydrogens is 479 g/mol. The van der Waals surface area contributed by atoms with E-state index in [9.17, 15) is 17.6 Å². The number of nitrogens with one attached hydrogen (secondary N) is 2. The molecular formula is C28H31FN2O4S. The monoisotopic (exact) mass is 510 g/mol. The molecule has 0 atom stereocenters. The first kappa shape index (κ1) is 25.7. The van der Waals surface area contributed by atoms with Crippen molar-refractivity contribution < 1.29 is 17.5 Å². The number of methoxy groups -OCH3 is 1. The molecule has 0 saturated heterocycles. The van der Waals surface area contributed by atoms with Gasteiger partial charge in [-0.2, -0.15) is 0 Å². The van der Waals surface area contributed by atoms with Crippen LogP contribution in [-0.2, 0) is 15.4 Å². The van der Waals surface area contributed by atoms with Crippen molar-refractivity contribution in [2.75, 3.05) is 17.6 Å². The molecule has 0 spiro atoms. The molecule has 0 amide bonds. The van der Waals surface area contributed by atoms with Gasteiger partial charge in [0.15, 0.2) is 0 Å². The van der Waals surface area contributed by atoms with E-state index in [1.54, 1.807) is 25.3 Å². The molecule has 4 rings (SSSR count). The molecule has 0 radical (unpaired) electrons. The van der Waals surface area contributed by atoms with E-state index in [1.807, 2.05) is 51.1 Å². The summed E-state index contributed by atoms with van der Waals surface area (Å²) >= 11 is 0. The molecule has 0 aliphatic heterocycles. The molecule has 1 saturated carbocycles. The van der Waals surface area contributed by atoms with Gasteiger partial charge < -0.3 is 9.72 Å². The lowest BCUT2D eigenvalue weighted by Crippen LogP contribution is -2.17. The summed E-state index contributed by atoms with van der Waals surface area (Å²) in [4.78, 5) is 14.9. The Bertz CT molecular complexity index is 1450. The van der Waals surface area contributed by atoms with Gasteiger partial charge in [0.1, 0.15) is 11.6 Å². The van der Waals surface area contributed by atoms with Gasteiger partial charge in [-0.1, -0.05) is 45.1 Å². The minimum absolute atomic E-state index is 0.162. The molecule has 1 aliphatic rings. The quantitative estimate of drug-likeness (QED) is 0.375. The summed E-state index contributed by atoms with van der Waals surface area (Å²) in [7, 11) is -1.75. The van der Waals surface area contributed by atoms with E-state index in [0.717, 1.165) is 35.7 Å². The third kappa shape index (κ3) is 6.23. The van der Waals surface area contributed by atoms with E-state index >= 15 is 0 Å².